The average molecular weight is 275 g/mol. The molecule has 7 heteroatoms. The lowest BCUT2D eigenvalue weighted by molar-refractivity contribution is -0.275. The van der Waals surface area contributed by atoms with Crippen LogP contribution in [0.1, 0.15) is 12.0 Å². The largest absolute Gasteiger partial charge is 0.573 e. The molecule has 1 aliphatic heterocycles. The molecule has 0 aromatic heterocycles. The number of hydrogen-bond donors (Lipinski definition) is 1. The van der Waals surface area contributed by atoms with Gasteiger partial charge in [0.2, 0.25) is 5.91 Å². The predicted octanol–water partition coefficient (Wildman–Crippen LogP) is 1.68. The first kappa shape index (κ1) is 13.7. The third-order valence-corrected chi connectivity index (χ3v) is 2.75. The van der Waals surface area contributed by atoms with Crippen LogP contribution in [0.2, 0.25) is 0 Å². The second-order valence-electron chi connectivity index (χ2n) is 4.29. The number of amides is 1. The molecule has 1 saturated heterocycles. The van der Waals surface area contributed by atoms with Gasteiger partial charge in [0.15, 0.2) is 0 Å². The van der Waals surface area contributed by atoms with Crippen molar-refractivity contribution in [2.24, 2.45) is 0 Å². The Bertz CT molecular complexity index is 476. The fourth-order valence-electron chi connectivity index (χ4n) is 1.97. The Morgan fingerprint density at radius 2 is 2.05 bits per heavy atom. The molecule has 1 aromatic carbocycles. The van der Waals surface area contributed by atoms with Crippen LogP contribution in [0, 0.1) is 0 Å². The minimum absolute atomic E-state index is 0.00228. The highest BCUT2D eigenvalue weighted by molar-refractivity contribution is 5.79. The van der Waals surface area contributed by atoms with Gasteiger partial charge in [-0.25, -0.2) is 0 Å². The van der Waals surface area contributed by atoms with Crippen molar-refractivity contribution in [3.63, 3.8) is 0 Å². The van der Waals surface area contributed by atoms with Crippen LogP contribution in [-0.4, -0.2) is 34.9 Å². The molecule has 0 saturated carbocycles. The molecular weight excluding hydrogens is 263 g/mol. The fraction of sp³-hybridized carbons (Fsp3) is 0.417. The number of β-amino-alcohol motifs (C(OH)–C–C–N with tert-alkyl or cyclic N) is 1. The maximum absolute atomic E-state index is 12.2. The van der Waals surface area contributed by atoms with E-state index in [0.29, 0.717) is 0 Å². The lowest BCUT2D eigenvalue weighted by atomic mass is 10.2. The van der Waals surface area contributed by atoms with Gasteiger partial charge in [0.05, 0.1) is 12.5 Å². The Kier molecular flexibility index (Phi) is 3.66. The van der Waals surface area contributed by atoms with Crippen molar-refractivity contribution >= 4 is 5.91 Å². The van der Waals surface area contributed by atoms with Crippen LogP contribution < -0.4 is 4.74 Å². The number of alkyl halides is 3. The number of aliphatic hydroxyl groups is 1. The maximum Gasteiger partial charge on any atom is 0.573 e. The zero-order chi connectivity index (χ0) is 14.0. The molecule has 1 amide bonds. The van der Waals surface area contributed by atoms with Crippen molar-refractivity contribution in [3.8, 4) is 5.75 Å². The molecule has 1 unspecified atom stereocenters. The van der Waals surface area contributed by atoms with Gasteiger partial charge in [0.25, 0.3) is 0 Å². The van der Waals surface area contributed by atoms with E-state index >= 15 is 0 Å². The molecule has 1 heterocycles. The van der Waals surface area contributed by atoms with Gasteiger partial charge in [-0.15, -0.1) is 13.2 Å². The molecule has 1 aromatic rings. The minimum Gasteiger partial charge on any atom is -0.405 e. The van der Waals surface area contributed by atoms with Crippen molar-refractivity contribution in [3.05, 3.63) is 29.8 Å². The minimum atomic E-state index is -4.77. The third-order valence-electron chi connectivity index (χ3n) is 2.75. The van der Waals surface area contributed by atoms with Gasteiger partial charge < -0.3 is 14.7 Å². The highest BCUT2D eigenvalue weighted by Gasteiger charge is 2.33. The first-order valence-corrected chi connectivity index (χ1v) is 5.64. The van der Waals surface area contributed by atoms with Gasteiger partial charge in [-0.3, -0.25) is 4.79 Å². The summed E-state index contributed by atoms with van der Waals surface area (Å²) in [5.74, 6) is -0.612. The number of para-hydroxylation sites is 1. The Balaban J connectivity index is 2.14. The summed E-state index contributed by atoms with van der Waals surface area (Å²) in [7, 11) is 0. The molecule has 4 nitrogen and oxygen atoms in total. The summed E-state index contributed by atoms with van der Waals surface area (Å²) in [5.41, 5.74) is 0.252. The number of carbonyl (C=O) groups excluding carboxylic acids is 1. The molecule has 0 radical (unpaired) electrons. The zero-order valence-corrected chi connectivity index (χ0v) is 9.85. The number of aliphatic hydroxyl groups excluding tert-OH is 1. The third kappa shape index (κ3) is 3.60. The number of hydrogen-bond acceptors (Lipinski definition) is 3. The van der Waals surface area contributed by atoms with Gasteiger partial charge in [-0.2, -0.15) is 0 Å². The molecule has 0 aliphatic carbocycles. The lowest BCUT2D eigenvalue weighted by Crippen LogP contribution is -2.26. The van der Waals surface area contributed by atoms with Crippen LogP contribution >= 0.6 is 0 Å². The van der Waals surface area contributed by atoms with E-state index in [-0.39, 0.29) is 36.7 Å². The van der Waals surface area contributed by atoms with Crippen molar-refractivity contribution in [1.82, 2.24) is 4.90 Å². The summed E-state index contributed by atoms with van der Waals surface area (Å²) in [5, 5.41) is 9.33. The van der Waals surface area contributed by atoms with Gasteiger partial charge in [-0.1, -0.05) is 18.2 Å². The first-order chi connectivity index (χ1) is 8.85. The van der Waals surface area contributed by atoms with E-state index < -0.39 is 12.5 Å². The second kappa shape index (κ2) is 5.08. The van der Waals surface area contributed by atoms with Crippen LogP contribution in [0.3, 0.4) is 0 Å². The highest BCUT2D eigenvalue weighted by Crippen LogP contribution is 2.28. The molecule has 1 N–H and O–H groups in total. The van der Waals surface area contributed by atoms with E-state index in [1.807, 2.05) is 0 Å². The monoisotopic (exact) mass is 275 g/mol. The fourth-order valence-corrected chi connectivity index (χ4v) is 1.97. The SMILES string of the molecule is O=C1CC(O)CN1Cc1ccccc1OC(F)(F)F. The van der Waals surface area contributed by atoms with Crippen molar-refractivity contribution in [2.45, 2.75) is 25.4 Å². The summed E-state index contributed by atoms with van der Waals surface area (Å²) < 4.78 is 40.6. The molecule has 19 heavy (non-hydrogen) atoms. The Labute approximate surface area is 107 Å². The highest BCUT2D eigenvalue weighted by atomic mass is 19.4. The summed E-state index contributed by atoms with van der Waals surface area (Å²) in [6, 6.07) is 5.64. The number of rotatable bonds is 3. The number of nitrogens with zero attached hydrogens (tertiary/aromatic N) is 1. The number of halogens is 3. The predicted molar refractivity (Wildman–Crippen MR) is 59.2 cm³/mol. The van der Waals surface area contributed by atoms with Crippen LogP contribution in [0.4, 0.5) is 13.2 Å². The summed E-state index contributed by atoms with van der Waals surface area (Å²) in [6.07, 6.45) is -5.53. The standard InChI is InChI=1S/C12H12F3NO3/c13-12(14,15)19-10-4-2-1-3-8(10)6-16-7-9(17)5-11(16)18/h1-4,9,17H,5-7H2. The number of ether oxygens (including phenoxy) is 1. The molecule has 1 fully saturated rings. The van der Waals surface area contributed by atoms with Crippen LogP contribution in [0.5, 0.6) is 5.75 Å². The smallest absolute Gasteiger partial charge is 0.405 e. The van der Waals surface area contributed by atoms with Gasteiger partial charge in [0, 0.05) is 18.7 Å². The summed E-state index contributed by atoms with van der Waals surface area (Å²) in [6.45, 7) is 0.112. The van der Waals surface area contributed by atoms with E-state index in [9.17, 15) is 23.1 Å². The normalized spacial score (nSPS) is 19.9. The molecule has 1 atom stereocenters. The van der Waals surface area contributed by atoms with Crippen LogP contribution in [0.15, 0.2) is 24.3 Å². The quantitative estimate of drug-likeness (QED) is 0.913. The van der Waals surface area contributed by atoms with Crippen molar-refractivity contribution < 1.29 is 27.8 Å². The van der Waals surface area contributed by atoms with E-state index in [2.05, 4.69) is 4.74 Å². The molecule has 0 spiro atoms. The Morgan fingerprint density at radius 3 is 2.63 bits per heavy atom. The Hall–Kier alpha value is -1.76. The van der Waals surface area contributed by atoms with Gasteiger partial charge in [-0.05, 0) is 6.07 Å². The van der Waals surface area contributed by atoms with Gasteiger partial charge in [0.1, 0.15) is 5.75 Å². The summed E-state index contributed by atoms with van der Waals surface area (Å²) >= 11 is 0. The van der Waals surface area contributed by atoms with Crippen molar-refractivity contribution in [2.75, 3.05) is 6.54 Å². The van der Waals surface area contributed by atoms with E-state index in [0.717, 1.165) is 0 Å². The lowest BCUT2D eigenvalue weighted by Gasteiger charge is -2.19. The van der Waals surface area contributed by atoms with E-state index in [4.69, 9.17) is 0 Å². The first-order valence-electron chi connectivity index (χ1n) is 5.64. The van der Waals surface area contributed by atoms with Crippen LogP contribution in [-0.2, 0) is 11.3 Å². The van der Waals surface area contributed by atoms with Crippen molar-refractivity contribution in [1.29, 1.82) is 0 Å². The van der Waals surface area contributed by atoms with E-state index in [1.54, 1.807) is 6.07 Å². The van der Waals surface area contributed by atoms with Gasteiger partial charge >= 0.3 is 6.36 Å². The molecule has 1 aliphatic rings. The second-order valence-corrected chi connectivity index (χ2v) is 4.29. The van der Waals surface area contributed by atoms with Crippen LogP contribution in [0.25, 0.3) is 0 Å². The molecule has 104 valence electrons. The topological polar surface area (TPSA) is 49.8 Å². The average Bonchev–Trinajstić information content (AvgIpc) is 2.58. The summed E-state index contributed by atoms with van der Waals surface area (Å²) in [4.78, 5) is 12.8. The maximum atomic E-state index is 12.2. The molecule has 2 rings (SSSR count). The van der Waals surface area contributed by atoms with E-state index in [1.165, 1.54) is 23.1 Å². The number of carbonyl (C=O) groups is 1. The molecule has 0 bridgehead atoms. The number of likely N-dealkylation sites (tertiary alicyclic amines) is 1. The number of benzene rings is 1. The Morgan fingerprint density at radius 1 is 1.37 bits per heavy atom. The zero-order valence-electron chi connectivity index (χ0n) is 9.85. The molecular formula is C12H12F3NO3.